The number of aliphatic hydroxyl groups excluding tert-OH is 1. The van der Waals surface area contributed by atoms with Gasteiger partial charge in [-0.05, 0) is 37.5 Å². The van der Waals surface area contributed by atoms with Crippen LogP contribution in [0.4, 0.5) is 5.82 Å². The fourth-order valence-electron chi connectivity index (χ4n) is 1.70. The normalized spacial score (nSPS) is 16.2. The summed E-state index contributed by atoms with van der Waals surface area (Å²) in [5.41, 5.74) is 0.800. The first-order valence-corrected chi connectivity index (χ1v) is 6.21. The fraction of sp³-hybridized carbons (Fsp3) is 0.538. The SMILES string of the molecule is C[C@H](O)c1ccnc(N(C)CC(=O)NC2CC2)c1. The molecule has 1 aromatic rings. The number of hydrogen-bond donors (Lipinski definition) is 2. The van der Waals surface area contributed by atoms with Crippen LogP contribution in [0, 0.1) is 0 Å². The highest BCUT2D eigenvalue weighted by molar-refractivity contribution is 5.81. The van der Waals surface area contributed by atoms with Crippen LogP contribution in [0.2, 0.25) is 0 Å². The molecule has 0 saturated heterocycles. The predicted molar refractivity (Wildman–Crippen MR) is 69.3 cm³/mol. The van der Waals surface area contributed by atoms with E-state index in [4.69, 9.17) is 0 Å². The Bertz CT molecular complexity index is 430. The lowest BCUT2D eigenvalue weighted by molar-refractivity contribution is -0.119. The number of aromatic nitrogens is 1. The van der Waals surface area contributed by atoms with Gasteiger partial charge in [-0.25, -0.2) is 4.98 Å². The van der Waals surface area contributed by atoms with E-state index in [2.05, 4.69) is 10.3 Å². The third kappa shape index (κ3) is 3.43. The third-order valence-electron chi connectivity index (χ3n) is 2.97. The van der Waals surface area contributed by atoms with Crippen LogP contribution in [-0.2, 0) is 4.79 Å². The first-order valence-electron chi connectivity index (χ1n) is 6.21. The van der Waals surface area contributed by atoms with Crippen LogP contribution in [0.3, 0.4) is 0 Å². The maximum Gasteiger partial charge on any atom is 0.239 e. The molecule has 18 heavy (non-hydrogen) atoms. The van der Waals surface area contributed by atoms with Crippen molar-refractivity contribution < 1.29 is 9.90 Å². The molecule has 1 fully saturated rings. The number of anilines is 1. The number of carbonyl (C=O) groups excluding carboxylic acids is 1. The molecule has 0 aliphatic heterocycles. The van der Waals surface area contributed by atoms with Crippen LogP contribution >= 0.6 is 0 Å². The number of rotatable bonds is 5. The molecule has 1 aromatic heterocycles. The molecule has 0 bridgehead atoms. The number of nitrogens with one attached hydrogen (secondary N) is 1. The van der Waals surface area contributed by atoms with Crippen molar-refractivity contribution in [3.8, 4) is 0 Å². The molecule has 5 heteroatoms. The summed E-state index contributed by atoms with van der Waals surface area (Å²) >= 11 is 0. The lowest BCUT2D eigenvalue weighted by Gasteiger charge is -2.18. The average Bonchev–Trinajstić information content (AvgIpc) is 3.12. The highest BCUT2D eigenvalue weighted by Gasteiger charge is 2.23. The van der Waals surface area contributed by atoms with E-state index in [1.807, 2.05) is 7.05 Å². The van der Waals surface area contributed by atoms with Gasteiger partial charge in [0.25, 0.3) is 0 Å². The minimum atomic E-state index is -0.527. The molecule has 1 saturated carbocycles. The Morgan fingerprint density at radius 1 is 1.67 bits per heavy atom. The second-order valence-electron chi connectivity index (χ2n) is 4.82. The van der Waals surface area contributed by atoms with Crippen LogP contribution < -0.4 is 10.2 Å². The van der Waals surface area contributed by atoms with E-state index in [9.17, 15) is 9.90 Å². The topological polar surface area (TPSA) is 65.5 Å². The highest BCUT2D eigenvalue weighted by Crippen LogP contribution is 2.19. The second-order valence-corrected chi connectivity index (χ2v) is 4.82. The van der Waals surface area contributed by atoms with Crippen LogP contribution in [0.1, 0.15) is 31.4 Å². The van der Waals surface area contributed by atoms with Gasteiger partial charge in [-0.3, -0.25) is 4.79 Å². The quantitative estimate of drug-likeness (QED) is 0.812. The Labute approximate surface area is 107 Å². The zero-order chi connectivity index (χ0) is 13.1. The Morgan fingerprint density at radius 2 is 2.39 bits per heavy atom. The van der Waals surface area contributed by atoms with Crippen LogP contribution in [0.5, 0.6) is 0 Å². The summed E-state index contributed by atoms with van der Waals surface area (Å²) in [4.78, 5) is 17.7. The zero-order valence-corrected chi connectivity index (χ0v) is 10.8. The number of pyridine rings is 1. The van der Waals surface area contributed by atoms with Gasteiger partial charge in [0.15, 0.2) is 0 Å². The van der Waals surface area contributed by atoms with Crippen molar-refractivity contribution in [2.75, 3.05) is 18.5 Å². The van der Waals surface area contributed by atoms with Crippen LogP contribution in [-0.4, -0.2) is 35.6 Å². The maximum atomic E-state index is 11.7. The van der Waals surface area contributed by atoms with E-state index in [0.29, 0.717) is 11.9 Å². The van der Waals surface area contributed by atoms with Crippen molar-refractivity contribution in [3.63, 3.8) is 0 Å². The fourth-order valence-corrected chi connectivity index (χ4v) is 1.70. The van der Waals surface area contributed by atoms with Gasteiger partial charge in [-0.1, -0.05) is 0 Å². The summed E-state index contributed by atoms with van der Waals surface area (Å²) in [7, 11) is 1.82. The molecule has 1 aliphatic rings. The van der Waals surface area contributed by atoms with E-state index < -0.39 is 6.10 Å². The zero-order valence-electron chi connectivity index (χ0n) is 10.8. The molecule has 0 spiro atoms. The molecule has 0 aromatic carbocycles. The summed E-state index contributed by atoms with van der Waals surface area (Å²) in [6.45, 7) is 1.99. The van der Waals surface area contributed by atoms with E-state index in [-0.39, 0.29) is 12.5 Å². The number of hydrogen-bond acceptors (Lipinski definition) is 4. The predicted octanol–water partition coefficient (Wildman–Crippen LogP) is 0.850. The molecule has 5 nitrogen and oxygen atoms in total. The molecular formula is C13H19N3O2. The monoisotopic (exact) mass is 249 g/mol. The lowest BCUT2D eigenvalue weighted by atomic mass is 10.2. The summed E-state index contributed by atoms with van der Waals surface area (Å²) < 4.78 is 0. The molecule has 2 N–H and O–H groups in total. The smallest absolute Gasteiger partial charge is 0.239 e. The number of carbonyl (C=O) groups is 1. The average molecular weight is 249 g/mol. The van der Waals surface area contributed by atoms with Gasteiger partial charge in [0.2, 0.25) is 5.91 Å². The molecule has 1 atom stereocenters. The van der Waals surface area contributed by atoms with Gasteiger partial charge in [0, 0.05) is 19.3 Å². The van der Waals surface area contributed by atoms with Gasteiger partial charge in [-0.2, -0.15) is 0 Å². The van der Waals surface area contributed by atoms with Gasteiger partial charge < -0.3 is 15.3 Å². The van der Waals surface area contributed by atoms with Gasteiger partial charge >= 0.3 is 0 Å². The number of aliphatic hydroxyl groups is 1. The van der Waals surface area contributed by atoms with E-state index >= 15 is 0 Å². The molecule has 0 unspecified atom stereocenters. The Balaban J connectivity index is 1.96. The summed E-state index contributed by atoms with van der Waals surface area (Å²) in [6, 6.07) is 3.95. The van der Waals surface area contributed by atoms with Crippen molar-refractivity contribution in [3.05, 3.63) is 23.9 Å². The molecule has 1 heterocycles. The summed E-state index contributed by atoms with van der Waals surface area (Å²) in [6.07, 6.45) is 3.30. The molecule has 0 radical (unpaired) electrons. The molecule has 2 rings (SSSR count). The molecule has 1 aliphatic carbocycles. The van der Waals surface area contributed by atoms with Crippen molar-refractivity contribution in [2.24, 2.45) is 0 Å². The minimum Gasteiger partial charge on any atom is -0.389 e. The molecule has 1 amide bonds. The van der Waals surface area contributed by atoms with Gasteiger partial charge in [0.1, 0.15) is 5.82 Å². The highest BCUT2D eigenvalue weighted by atomic mass is 16.3. The largest absolute Gasteiger partial charge is 0.389 e. The first kappa shape index (κ1) is 12.8. The van der Waals surface area contributed by atoms with Crippen LogP contribution in [0.25, 0.3) is 0 Å². The van der Waals surface area contributed by atoms with E-state index in [1.54, 1.807) is 30.2 Å². The summed E-state index contributed by atoms with van der Waals surface area (Å²) in [5, 5.41) is 12.4. The number of likely N-dealkylation sites (N-methyl/N-ethyl adjacent to an activating group) is 1. The Hall–Kier alpha value is -1.62. The molecular weight excluding hydrogens is 230 g/mol. The van der Waals surface area contributed by atoms with Gasteiger partial charge in [0.05, 0.1) is 12.6 Å². The lowest BCUT2D eigenvalue weighted by Crippen LogP contribution is -2.36. The number of nitrogens with zero attached hydrogens (tertiary/aromatic N) is 2. The van der Waals surface area contributed by atoms with Gasteiger partial charge in [-0.15, -0.1) is 0 Å². The first-order chi connectivity index (χ1) is 8.56. The van der Waals surface area contributed by atoms with E-state index in [1.165, 1.54) is 0 Å². The summed E-state index contributed by atoms with van der Waals surface area (Å²) in [5.74, 6) is 0.712. The van der Waals surface area contributed by atoms with Crippen LogP contribution in [0.15, 0.2) is 18.3 Å². The maximum absolute atomic E-state index is 11.7. The Kier molecular flexibility index (Phi) is 3.81. The van der Waals surface area contributed by atoms with E-state index in [0.717, 1.165) is 18.4 Å². The second kappa shape index (κ2) is 5.35. The standard InChI is InChI=1S/C13H19N3O2/c1-9(17)10-5-6-14-12(7-10)16(2)8-13(18)15-11-3-4-11/h5-7,9,11,17H,3-4,8H2,1-2H3,(H,15,18)/t9-/m0/s1. The third-order valence-corrected chi connectivity index (χ3v) is 2.97. The molecule has 98 valence electrons. The van der Waals surface area contributed by atoms with Crippen molar-refractivity contribution in [1.29, 1.82) is 0 Å². The van der Waals surface area contributed by atoms with Crippen molar-refractivity contribution in [2.45, 2.75) is 31.9 Å². The number of amides is 1. The minimum absolute atomic E-state index is 0.0178. The van der Waals surface area contributed by atoms with Crippen molar-refractivity contribution in [1.82, 2.24) is 10.3 Å². The Morgan fingerprint density at radius 3 is 3.00 bits per heavy atom. The van der Waals surface area contributed by atoms with Crippen molar-refractivity contribution >= 4 is 11.7 Å².